The van der Waals surface area contributed by atoms with Gasteiger partial charge in [-0.1, -0.05) is 13.8 Å². The van der Waals surface area contributed by atoms with Crippen LogP contribution in [0.25, 0.3) is 0 Å². The van der Waals surface area contributed by atoms with Crippen LogP contribution in [0.5, 0.6) is 0 Å². The van der Waals surface area contributed by atoms with Gasteiger partial charge in [-0.3, -0.25) is 0 Å². The topological polar surface area (TPSA) is 44.3 Å². The van der Waals surface area contributed by atoms with Crippen LogP contribution in [-0.4, -0.2) is 36.4 Å². The fourth-order valence-corrected chi connectivity index (χ4v) is 2.08. The zero-order chi connectivity index (χ0) is 10.6. The summed E-state index contributed by atoms with van der Waals surface area (Å²) in [6.45, 7) is 8.87. The second-order valence-electron chi connectivity index (χ2n) is 4.77. The van der Waals surface area contributed by atoms with Gasteiger partial charge in [0.05, 0.1) is 5.60 Å². The quantitative estimate of drug-likeness (QED) is 0.627. The monoisotopic (exact) mass is 200 g/mol. The highest BCUT2D eigenvalue weighted by Gasteiger charge is 2.33. The van der Waals surface area contributed by atoms with Gasteiger partial charge in [-0.05, 0) is 38.8 Å². The normalized spacial score (nSPS) is 32.6. The Morgan fingerprint density at radius 2 is 2.29 bits per heavy atom. The summed E-state index contributed by atoms with van der Waals surface area (Å²) in [5.74, 6) is 0.731. The van der Waals surface area contributed by atoms with Gasteiger partial charge in [-0.25, -0.2) is 0 Å². The molecule has 1 fully saturated rings. The summed E-state index contributed by atoms with van der Waals surface area (Å²) in [6, 6.07) is 0.241. The predicted molar refractivity (Wildman–Crippen MR) is 59.4 cm³/mol. The van der Waals surface area contributed by atoms with E-state index in [-0.39, 0.29) is 6.04 Å². The molecule has 0 spiro atoms. The molecule has 0 aromatic carbocycles. The van der Waals surface area contributed by atoms with Crippen LogP contribution < -0.4 is 10.6 Å². The van der Waals surface area contributed by atoms with E-state index in [0.29, 0.717) is 6.54 Å². The van der Waals surface area contributed by atoms with Crippen LogP contribution in [0, 0.1) is 5.92 Å². The lowest BCUT2D eigenvalue weighted by Gasteiger charge is -2.38. The van der Waals surface area contributed by atoms with Gasteiger partial charge in [0.2, 0.25) is 0 Å². The minimum Gasteiger partial charge on any atom is -0.387 e. The third kappa shape index (κ3) is 3.23. The molecule has 1 aliphatic rings. The number of rotatable bonds is 4. The predicted octanol–water partition coefficient (Wildman–Crippen LogP) is 0.735. The minimum atomic E-state index is -0.620. The summed E-state index contributed by atoms with van der Waals surface area (Å²) in [5.41, 5.74) is -0.620. The molecule has 1 heterocycles. The van der Waals surface area contributed by atoms with Crippen molar-refractivity contribution in [3.63, 3.8) is 0 Å². The lowest BCUT2D eigenvalue weighted by molar-refractivity contribution is 0.00425. The Morgan fingerprint density at radius 1 is 1.57 bits per heavy atom. The molecule has 3 unspecified atom stereocenters. The summed E-state index contributed by atoms with van der Waals surface area (Å²) in [7, 11) is 0. The average molecular weight is 200 g/mol. The van der Waals surface area contributed by atoms with Crippen LogP contribution >= 0.6 is 0 Å². The van der Waals surface area contributed by atoms with Gasteiger partial charge in [0.25, 0.3) is 0 Å². The van der Waals surface area contributed by atoms with E-state index in [1.54, 1.807) is 0 Å². The van der Waals surface area contributed by atoms with Gasteiger partial charge in [-0.2, -0.15) is 0 Å². The van der Waals surface area contributed by atoms with E-state index < -0.39 is 5.60 Å². The standard InChI is InChI=1S/C11H24N2O/c1-4-12-8-11(3,14)10-7-9(2)5-6-13-10/h9-10,12-14H,4-8H2,1-3H3. The van der Waals surface area contributed by atoms with E-state index >= 15 is 0 Å². The number of hydrogen-bond donors (Lipinski definition) is 3. The number of aliphatic hydroxyl groups is 1. The van der Waals surface area contributed by atoms with Crippen LogP contribution in [0.1, 0.15) is 33.6 Å². The molecule has 3 N–H and O–H groups in total. The van der Waals surface area contributed by atoms with Crippen molar-refractivity contribution in [1.82, 2.24) is 10.6 Å². The van der Waals surface area contributed by atoms with Crippen molar-refractivity contribution in [2.24, 2.45) is 5.92 Å². The van der Waals surface area contributed by atoms with E-state index in [0.717, 1.165) is 25.4 Å². The molecule has 0 radical (unpaired) electrons. The van der Waals surface area contributed by atoms with E-state index in [4.69, 9.17) is 0 Å². The van der Waals surface area contributed by atoms with Crippen molar-refractivity contribution in [2.75, 3.05) is 19.6 Å². The molecule has 84 valence electrons. The summed E-state index contributed by atoms with van der Waals surface area (Å²) >= 11 is 0. The van der Waals surface area contributed by atoms with Gasteiger partial charge < -0.3 is 15.7 Å². The highest BCUT2D eigenvalue weighted by atomic mass is 16.3. The molecule has 14 heavy (non-hydrogen) atoms. The third-order valence-electron chi connectivity index (χ3n) is 3.15. The van der Waals surface area contributed by atoms with Crippen LogP contribution in [0.2, 0.25) is 0 Å². The van der Waals surface area contributed by atoms with Crippen LogP contribution in [0.4, 0.5) is 0 Å². The van der Waals surface area contributed by atoms with Crippen molar-refractivity contribution >= 4 is 0 Å². The smallest absolute Gasteiger partial charge is 0.0895 e. The molecule has 0 aromatic rings. The molecule has 0 aliphatic carbocycles. The van der Waals surface area contributed by atoms with Crippen molar-refractivity contribution in [3.8, 4) is 0 Å². The molecule has 1 rings (SSSR count). The lowest BCUT2D eigenvalue weighted by Crippen LogP contribution is -2.56. The summed E-state index contributed by atoms with van der Waals surface area (Å²) in [5, 5.41) is 16.9. The Kier molecular flexibility index (Phi) is 4.35. The molecule has 3 nitrogen and oxygen atoms in total. The molecular formula is C11H24N2O. The fourth-order valence-electron chi connectivity index (χ4n) is 2.08. The van der Waals surface area contributed by atoms with Gasteiger partial charge in [-0.15, -0.1) is 0 Å². The molecule has 0 bridgehead atoms. The van der Waals surface area contributed by atoms with E-state index in [9.17, 15) is 5.11 Å². The molecule has 3 heteroatoms. The van der Waals surface area contributed by atoms with Gasteiger partial charge in [0, 0.05) is 12.6 Å². The van der Waals surface area contributed by atoms with Crippen LogP contribution in [-0.2, 0) is 0 Å². The first kappa shape index (κ1) is 12.0. The van der Waals surface area contributed by atoms with Gasteiger partial charge in [0.1, 0.15) is 0 Å². The number of likely N-dealkylation sites (N-methyl/N-ethyl adjacent to an activating group) is 1. The first-order chi connectivity index (χ1) is 6.56. The maximum Gasteiger partial charge on any atom is 0.0895 e. The Balaban J connectivity index is 2.43. The van der Waals surface area contributed by atoms with Crippen molar-refractivity contribution in [2.45, 2.75) is 45.3 Å². The molecule has 1 saturated heterocycles. The Morgan fingerprint density at radius 3 is 2.86 bits per heavy atom. The zero-order valence-corrected chi connectivity index (χ0v) is 9.64. The number of hydrogen-bond acceptors (Lipinski definition) is 3. The minimum absolute atomic E-state index is 0.241. The molecular weight excluding hydrogens is 176 g/mol. The number of nitrogens with one attached hydrogen (secondary N) is 2. The lowest BCUT2D eigenvalue weighted by atomic mass is 9.84. The van der Waals surface area contributed by atoms with E-state index in [1.807, 2.05) is 6.92 Å². The summed E-state index contributed by atoms with van der Waals surface area (Å²) in [4.78, 5) is 0. The Labute approximate surface area is 87.3 Å². The third-order valence-corrected chi connectivity index (χ3v) is 3.15. The maximum absolute atomic E-state index is 10.3. The zero-order valence-electron chi connectivity index (χ0n) is 9.64. The molecule has 0 saturated carbocycles. The SMILES string of the molecule is CCNCC(C)(O)C1CC(C)CCN1. The largest absolute Gasteiger partial charge is 0.387 e. The van der Waals surface area contributed by atoms with Crippen molar-refractivity contribution in [1.29, 1.82) is 0 Å². The van der Waals surface area contributed by atoms with Gasteiger partial charge in [0.15, 0.2) is 0 Å². The Bertz CT molecular complexity index is 171. The summed E-state index contributed by atoms with van der Waals surface area (Å²) < 4.78 is 0. The molecule has 3 atom stereocenters. The maximum atomic E-state index is 10.3. The molecule has 1 aliphatic heterocycles. The summed E-state index contributed by atoms with van der Waals surface area (Å²) in [6.07, 6.45) is 2.31. The molecule has 0 amide bonds. The first-order valence-corrected chi connectivity index (χ1v) is 5.72. The second kappa shape index (κ2) is 5.10. The van der Waals surface area contributed by atoms with Crippen molar-refractivity contribution < 1.29 is 5.11 Å². The van der Waals surface area contributed by atoms with Crippen LogP contribution in [0.15, 0.2) is 0 Å². The molecule has 0 aromatic heterocycles. The number of piperidine rings is 1. The highest BCUT2D eigenvalue weighted by Crippen LogP contribution is 2.22. The van der Waals surface area contributed by atoms with E-state index in [1.165, 1.54) is 6.42 Å². The van der Waals surface area contributed by atoms with Gasteiger partial charge >= 0.3 is 0 Å². The first-order valence-electron chi connectivity index (χ1n) is 5.72. The fraction of sp³-hybridized carbons (Fsp3) is 1.00. The Hall–Kier alpha value is -0.120. The van der Waals surface area contributed by atoms with Crippen LogP contribution in [0.3, 0.4) is 0 Å². The van der Waals surface area contributed by atoms with Crippen molar-refractivity contribution in [3.05, 3.63) is 0 Å². The highest BCUT2D eigenvalue weighted by molar-refractivity contribution is 4.92. The van der Waals surface area contributed by atoms with E-state index in [2.05, 4.69) is 24.5 Å². The second-order valence-corrected chi connectivity index (χ2v) is 4.77. The average Bonchev–Trinajstić information content (AvgIpc) is 2.15.